The summed E-state index contributed by atoms with van der Waals surface area (Å²) < 4.78 is 90.7. The average Bonchev–Trinajstić information content (AvgIpc) is 2.80. The Morgan fingerprint density at radius 2 is 1.73 bits per heavy atom. The van der Waals surface area contributed by atoms with E-state index in [0.29, 0.717) is 23.0 Å². The fourth-order valence-corrected chi connectivity index (χ4v) is 3.98. The summed E-state index contributed by atoms with van der Waals surface area (Å²) in [5.74, 6) is -0.627. The Balaban J connectivity index is 1.87. The van der Waals surface area contributed by atoms with Crippen LogP contribution in [0.3, 0.4) is 0 Å². The Labute approximate surface area is 212 Å². The van der Waals surface area contributed by atoms with Gasteiger partial charge in [0.15, 0.2) is 0 Å². The number of halogens is 3. The van der Waals surface area contributed by atoms with Crippen molar-refractivity contribution in [3.05, 3.63) is 65.5 Å². The first kappa shape index (κ1) is 28.1. The zero-order valence-corrected chi connectivity index (χ0v) is 21.5. The van der Waals surface area contributed by atoms with E-state index >= 15 is 0 Å². The Bertz CT molecular complexity index is 1480. The monoisotopic (exact) mass is 559 g/mol. The molecule has 0 aliphatic heterocycles. The van der Waals surface area contributed by atoms with E-state index in [1.54, 1.807) is 24.3 Å². The van der Waals surface area contributed by atoms with E-state index in [2.05, 4.69) is 30.3 Å². The summed E-state index contributed by atoms with van der Waals surface area (Å²) in [7, 11) is -5.79. The fourth-order valence-electron chi connectivity index (χ4n) is 3.07. The van der Waals surface area contributed by atoms with E-state index in [1.165, 1.54) is 25.4 Å². The van der Waals surface area contributed by atoms with Crippen molar-refractivity contribution >= 4 is 43.3 Å². The molecule has 200 valence electrons. The predicted molar refractivity (Wildman–Crippen MR) is 133 cm³/mol. The fraction of sp³-hybridized carbons (Fsp3) is 0.286. The summed E-state index contributed by atoms with van der Waals surface area (Å²) in [4.78, 5) is 11.8. The molecule has 0 spiro atoms. The highest BCUT2D eigenvalue weighted by Crippen LogP contribution is 2.34. The Morgan fingerprint density at radius 1 is 1.00 bits per heavy atom. The van der Waals surface area contributed by atoms with E-state index in [1.807, 2.05) is 0 Å². The second-order valence-corrected chi connectivity index (χ2v) is 11.8. The highest BCUT2D eigenvalue weighted by atomic mass is 32.2. The SMILES string of the molecule is CN(c1ncccc1CNc1nc(Nc2cccc(CNS(C)(=O)=O)c2)ncc1C(F)(F)F)S(C)(=O)=O. The standard InChI is InChI=1S/C21H24F3N7O4S2/c1-31(37(3,34)35)19-15(7-5-9-25-19)12-26-18-17(21(22,23)24)13-27-20(30-18)29-16-8-4-6-14(10-16)11-28-36(2,32)33/h4-10,13,28H,11-12H2,1-3H3,(H2,26,27,29,30). The van der Waals surface area contributed by atoms with Gasteiger partial charge < -0.3 is 10.6 Å². The van der Waals surface area contributed by atoms with Crippen LogP contribution in [-0.4, -0.2) is 51.3 Å². The molecule has 11 nitrogen and oxygen atoms in total. The Hall–Kier alpha value is -3.50. The number of nitrogens with zero attached hydrogens (tertiary/aromatic N) is 4. The highest BCUT2D eigenvalue weighted by Gasteiger charge is 2.35. The van der Waals surface area contributed by atoms with Crippen molar-refractivity contribution < 1.29 is 30.0 Å². The van der Waals surface area contributed by atoms with Crippen molar-refractivity contribution in [3.63, 3.8) is 0 Å². The van der Waals surface area contributed by atoms with Crippen molar-refractivity contribution in [1.29, 1.82) is 0 Å². The van der Waals surface area contributed by atoms with Gasteiger partial charge >= 0.3 is 6.18 Å². The van der Waals surface area contributed by atoms with Crippen LogP contribution in [-0.2, 0) is 39.3 Å². The van der Waals surface area contributed by atoms with Crippen LogP contribution in [0.15, 0.2) is 48.8 Å². The molecular formula is C21H24F3N7O4S2. The maximum Gasteiger partial charge on any atom is 0.421 e. The van der Waals surface area contributed by atoms with Crippen LogP contribution in [0.2, 0.25) is 0 Å². The molecular weight excluding hydrogens is 535 g/mol. The van der Waals surface area contributed by atoms with Crippen LogP contribution < -0.4 is 19.7 Å². The highest BCUT2D eigenvalue weighted by molar-refractivity contribution is 7.92. The number of anilines is 4. The van der Waals surface area contributed by atoms with Crippen LogP contribution in [0, 0.1) is 0 Å². The molecule has 3 aromatic rings. The smallest absolute Gasteiger partial charge is 0.365 e. The van der Waals surface area contributed by atoms with E-state index in [-0.39, 0.29) is 24.9 Å². The normalized spacial score (nSPS) is 12.3. The molecule has 37 heavy (non-hydrogen) atoms. The van der Waals surface area contributed by atoms with E-state index in [4.69, 9.17) is 0 Å². The van der Waals surface area contributed by atoms with Crippen molar-refractivity contribution in [2.24, 2.45) is 0 Å². The van der Waals surface area contributed by atoms with E-state index in [9.17, 15) is 30.0 Å². The number of alkyl halides is 3. The molecule has 0 atom stereocenters. The summed E-state index contributed by atoms with van der Waals surface area (Å²) in [6, 6.07) is 9.56. The van der Waals surface area contributed by atoms with Crippen molar-refractivity contribution in [2.45, 2.75) is 19.3 Å². The predicted octanol–water partition coefficient (Wildman–Crippen LogP) is 2.69. The molecule has 0 saturated carbocycles. The molecule has 0 unspecified atom stereocenters. The molecule has 0 aliphatic carbocycles. The molecule has 1 aromatic carbocycles. The molecule has 0 saturated heterocycles. The molecule has 3 N–H and O–H groups in total. The van der Waals surface area contributed by atoms with E-state index in [0.717, 1.165) is 16.8 Å². The Morgan fingerprint density at radius 3 is 2.38 bits per heavy atom. The minimum atomic E-state index is -4.76. The van der Waals surface area contributed by atoms with Crippen LogP contribution in [0.25, 0.3) is 0 Å². The van der Waals surface area contributed by atoms with Gasteiger partial charge in [-0.05, 0) is 23.8 Å². The summed E-state index contributed by atoms with van der Waals surface area (Å²) in [5, 5.41) is 5.41. The van der Waals surface area contributed by atoms with Gasteiger partial charge in [0, 0.05) is 43.8 Å². The minimum absolute atomic E-state index is 0.0183. The number of pyridine rings is 1. The quantitative estimate of drug-likeness (QED) is 0.341. The molecule has 0 radical (unpaired) electrons. The van der Waals surface area contributed by atoms with Gasteiger partial charge in [0.25, 0.3) is 0 Å². The maximum absolute atomic E-state index is 13.6. The zero-order chi connectivity index (χ0) is 27.4. The third-order valence-corrected chi connectivity index (χ3v) is 6.76. The van der Waals surface area contributed by atoms with Gasteiger partial charge in [-0.2, -0.15) is 18.2 Å². The second kappa shape index (κ2) is 10.9. The molecule has 2 aromatic heterocycles. The maximum atomic E-state index is 13.6. The summed E-state index contributed by atoms with van der Waals surface area (Å²) >= 11 is 0. The number of rotatable bonds is 10. The van der Waals surface area contributed by atoms with Crippen LogP contribution in [0.5, 0.6) is 0 Å². The summed E-state index contributed by atoms with van der Waals surface area (Å²) in [6.07, 6.45) is -0.768. The van der Waals surface area contributed by atoms with Gasteiger partial charge in [-0.15, -0.1) is 0 Å². The van der Waals surface area contributed by atoms with Crippen molar-refractivity contribution in [1.82, 2.24) is 19.7 Å². The first-order valence-electron chi connectivity index (χ1n) is 10.5. The van der Waals surface area contributed by atoms with Crippen LogP contribution >= 0.6 is 0 Å². The van der Waals surface area contributed by atoms with Gasteiger partial charge in [-0.3, -0.25) is 4.31 Å². The Kier molecular flexibility index (Phi) is 8.24. The second-order valence-electron chi connectivity index (χ2n) is 7.94. The lowest BCUT2D eigenvalue weighted by atomic mass is 10.2. The summed E-state index contributed by atoms with van der Waals surface area (Å²) in [5.41, 5.74) is 0.219. The minimum Gasteiger partial charge on any atom is -0.365 e. The average molecular weight is 560 g/mol. The largest absolute Gasteiger partial charge is 0.421 e. The topological polar surface area (TPSA) is 146 Å². The number of aromatic nitrogens is 3. The summed E-state index contributed by atoms with van der Waals surface area (Å²) in [6.45, 7) is -0.195. The van der Waals surface area contributed by atoms with Crippen molar-refractivity contribution in [3.8, 4) is 0 Å². The lowest BCUT2D eigenvalue weighted by molar-refractivity contribution is -0.137. The number of hydrogen-bond acceptors (Lipinski definition) is 9. The molecule has 0 bridgehead atoms. The van der Waals surface area contributed by atoms with Crippen LogP contribution in [0.1, 0.15) is 16.7 Å². The first-order valence-corrected chi connectivity index (χ1v) is 14.2. The third-order valence-electron chi connectivity index (χ3n) is 4.93. The van der Waals surface area contributed by atoms with Gasteiger partial charge in [-0.1, -0.05) is 18.2 Å². The molecule has 16 heteroatoms. The lowest BCUT2D eigenvalue weighted by Crippen LogP contribution is -2.27. The third kappa shape index (κ3) is 7.99. The molecule has 0 aliphatic rings. The molecule has 2 heterocycles. The van der Waals surface area contributed by atoms with E-state index < -0.39 is 37.6 Å². The van der Waals surface area contributed by atoms with Gasteiger partial charge in [0.05, 0.1) is 12.5 Å². The molecule has 3 rings (SSSR count). The lowest BCUT2D eigenvalue weighted by Gasteiger charge is -2.20. The first-order chi connectivity index (χ1) is 17.1. The zero-order valence-electron chi connectivity index (χ0n) is 19.9. The van der Waals surface area contributed by atoms with Gasteiger partial charge in [0.1, 0.15) is 17.2 Å². The molecule has 0 fully saturated rings. The number of benzene rings is 1. The number of sulfonamides is 2. The molecule has 0 amide bonds. The van der Waals surface area contributed by atoms with Gasteiger partial charge in [-0.25, -0.2) is 31.5 Å². The van der Waals surface area contributed by atoms with Crippen molar-refractivity contribution in [2.75, 3.05) is 34.5 Å². The van der Waals surface area contributed by atoms with Crippen LogP contribution in [0.4, 0.5) is 36.4 Å². The van der Waals surface area contributed by atoms with Gasteiger partial charge in [0.2, 0.25) is 26.0 Å². The number of hydrogen-bond donors (Lipinski definition) is 3. The number of nitrogens with one attached hydrogen (secondary N) is 3.